The normalized spacial score (nSPS) is 14.6. The van der Waals surface area contributed by atoms with Crippen LogP contribution >= 0.6 is 0 Å². The van der Waals surface area contributed by atoms with Gasteiger partial charge in [-0.3, -0.25) is 0 Å². The molecule has 17 aromatic rings. The predicted octanol–water partition coefficient (Wildman–Crippen LogP) is 17.8. The maximum absolute atomic E-state index is 2.56. The van der Waals surface area contributed by atoms with Gasteiger partial charge in [-0.1, -0.05) is 36.4 Å². The van der Waals surface area contributed by atoms with E-state index >= 15 is 0 Å². The standard InChI is InChI=1S/C86H52N4Se2/c1-11-31-69-59(21-1)81-57(53-41-45-55(46-42-53)87-71-33-13-3-23-61(71)85(62-24-4-14-34-72(62)87)65-27-7-17-37-77(65)91-78-38-18-8-28-66(78)85)49-51-75-83(81)89(69)76-52-50-58(82-60-22-2-12-32-70(60)90(75)84(76)82)54-43-47-56(48-44-54)88-73-35-15-5-25-63(73)86(64-26-6-16-36-74(64)88)67-29-9-19-39-79(67)92-80-40-20-10-30-68(80)86/h1-52H. The van der Waals surface area contributed by atoms with Crippen molar-refractivity contribution in [3.8, 4) is 22.3 Å². The summed E-state index contributed by atoms with van der Waals surface area (Å²) in [5, 5.41) is 5.01. The molecule has 0 aliphatic carbocycles. The van der Waals surface area contributed by atoms with Gasteiger partial charge in [0.05, 0.1) is 33.1 Å². The van der Waals surface area contributed by atoms with Gasteiger partial charge < -0.3 is 8.80 Å². The van der Waals surface area contributed by atoms with E-state index in [0.717, 1.165) is 11.4 Å². The van der Waals surface area contributed by atoms with Crippen molar-refractivity contribution in [2.45, 2.75) is 10.8 Å². The zero-order valence-electron chi connectivity index (χ0n) is 49.6. The molecule has 2 spiro atoms. The van der Waals surface area contributed by atoms with E-state index in [1.54, 1.807) is 0 Å². The topological polar surface area (TPSA) is 15.3 Å². The molecule has 4 aliphatic rings. The van der Waals surface area contributed by atoms with Gasteiger partial charge in [0, 0.05) is 10.8 Å². The summed E-state index contributed by atoms with van der Waals surface area (Å²) in [6, 6.07) is 120. The fourth-order valence-electron chi connectivity index (χ4n) is 17.3. The van der Waals surface area contributed by atoms with Crippen molar-refractivity contribution in [2.75, 3.05) is 9.80 Å². The molecule has 3 aromatic heterocycles. The fourth-order valence-corrected chi connectivity index (χ4v) is 22.3. The van der Waals surface area contributed by atoms with Crippen LogP contribution in [0.4, 0.5) is 34.1 Å². The van der Waals surface area contributed by atoms with Gasteiger partial charge in [0.25, 0.3) is 0 Å². The summed E-state index contributed by atoms with van der Waals surface area (Å²) in [4.78, 5) is 5.01. The molecule has 14 aromatic carbocycles. The van der Waals surface area contributed by atoms with E-state index in [4.69, 9.17) is 0 Å². The molecule has 0 atom stereocenters. The Kier molecular flexibility index (Phi) is 10.5. The van der Waals surface area contributed by atoms with Gasteiger partial charge >= 0.3 is 435 Å². The first-order valence-electron chi connectivity index (χ1n) is 31.7. The minimum atomic E-state index is -0.454. The second kappa shape index (κ2) is 18.9. The molecule has 4 nitrogen and oxygen atoms in total. The van der Waals surface area contributed by atoms with Gasteiger partial charge in [-0.2, -0.15) is 0 Å². The number of fused-ring (bicyclic) bond motifs is 24. The second-order valence-corrected chi connectivity index (χ2v) is 29.5. The molecule has 6 heteroatoms. The number of rotatable bonds is 4. The van der Waals surface area contributed by atoms with E-state index < -0.39 is 10.8 Å². The Morgan fingerprint density at radius 2 is 0.511 bits per heavy atom. The number of anilines is 6. The molecule has 0 fully saturated rings. The van der Waals surface area contributed by atoms with Crippen molar-refractivity contribution >= 4 is 137 Å². The average molecular weight is 1300 g/mol. The van der Waals surface area contributed by atoms with Crippen LogP contribution in [-0.4, -0.2) is 38.7 Å². The molecule has 21 rings (SSSR count). The average Bonchev–Trinajstić information content (AvgIpc) is 0.867. The molecule has 0 radical (unpaired) electrons. The Morgan fingerprint density at radius 3 is 0.848 bits per heavy atom. The fraction of sp³-hybridized carbons (Fsp3) is 0.0233. The van der Waals surface area contributed by atoms with Crippen molar-refractivity contribution in [3.05, 3.63) is 360 Å². The van der Waals surface area contributed by atoms with Crippen LogP contribution in [0.25, 0.3) is 76.9 Å². The first-order valence-corrected chi connectivity index (χ1v) is 35.2. The Balaban J connectivity index is 0.704. The van der Waals surface area contributed by atoms with E-state index in [1.165, 1.54) is 162 Å². The Hall–Kier alpha value is -10.7. The van der Waals surface area contributed by atoms with Crippen LogP contribution in [0, 0.1) is 0 Å². The van der Waals surface area contributed by atoms with Gasteiger partial charge in [0.2, 0.25) is 0 Å². The number of aromatic nitrogens is 2. The van der Waals surface area contributed by atoms with Crippen molar-refractivity contribution in [1.82, 2.24) is 8.80 Å². The molecule has 0 bridgehead atoms. The zero-order valence-corrected chi connectivity index (χ0v) is 53.1. The van der Waals surface area contributed by atoms with Crippen molar-refractivity contribution in [1.29, 1.82) is 0 Å². The first-order chi connectivity index (χ1) is 45.7. The summed E-state index contributed by atoms with van der Waals surface area (Å²) in [6.07, 6.45) is 0. The van der Waals surface area contributed by atoms with Gasteiger partial charge in [-0.05, 0) is 24.3 Å². The van der Waals surface area contributed by atoms with E-state index in [2.05, 4.69) is 334 Å². The summed E-state index contributed by atoms with van der Waals surface area (Å²) in [5.41, 5.74) is 29.1. The number of benzene rings is 14. The molecule has 428 valence electrons. The van der Waals surface area contributed by atoms with Crippen molar-refractivity contribution in [2.24, 2.45) is 0 Å². The SMILES string of the molecule is c1ccc2c(c1)[Se]c1ccccc1C21c2ccccc2N(c2ccc(-c3ccc4c5c3c3ccccc3n5c3ccc(-c5ccc(N6c7ccccc7C7(c8ccccc8[Se]c8ccccc87)c7ccccc76)cc5)c5c6ccccc6n4c53)cc2)c2ccccc21. The number of nitrogens with zero attached hydrogens (tertiary/aromatic N) is 4. The zero-order chi connectivity index (χ0) is 60.0. The van der Waals surface area contributed by atoms with Crippen LogP contribution in [0.15, 0.2) is 315 Å². The van der Waals surface area contributed by atoms with E-state index in [9.17, 15) is 0 Å². The molecule has 0 unspecified atom stereocenters. The predicted molar refractivity (Wildman–Crippen MR) is 384 cm³/mol. The molecule has 0 saturated carbocycles. The summed E-state index contributed by atoms with van der Waals surface area (Å²) in [7, 11) is 0. The van der Waals surface area contributed by atoms with Gasteiger partial charge in [-0.15, -0.1) is 0 Å². The Morgan fingerprint density at radius 1 is 0.228 bits per heavy atom. The summed E-state index contributed by atoms with van der Waals surface area (Å²) in [5.74, 6) is 0. The van der Waals surface area contributed by atoms with Crippen molar-refractivity contribution in [3.63, 3.8) is 0 Å². The van der Waals surface area contributed by atoms with Crippen LogP contribution in [0.1, 0.15) is 44.5 Å². The molecule has 0 saturated heterocycles. The van der Waals surface area contributed by atoms with E-state index in [1.807, 2.05) is 0 Å². The van der Waals surface area contributed by atoms with Crippen LogP contribution in [0.2, 0.25) is 0 Å². The quantitative estimate of drug-likeness (QED) is 0.129. The van der Waals surface area contributed by atoms with Crippen molar-refractivity contribution < 1.29 is 0 Å². The van der Waals surface area contributed by atoms with E-state index in [-0.39, 0.29) is 29.9 Å². The number of para-hydroxylation sites is 6. The van der Waals surface area contributed by atoms with E-state index in [0.29, 0.717) is 0 Å². The Labute approximate surface area is 544 Å². The molecule has 4 aliphatic heterocycles. The van der Waals surface area contributed by atoms with Gasteiger partial charge in [-0.25, -0.2) is 0 Å². The van der Waals surface area contributed by atoms with Gasteiger partial charge in [0.1, 0.15) is 0 Å². The third-order valence-electron chi connectivity index (χ3n) is 20.7. The van der Waals surface area contributed by atoms with Gasteiger partial charge in [0.15, 0.2) is 0 Å². The molecular weight excluding hydrogens is 1250 g/mol. The van der Waals surface area contributed by atoms with Crippen LogP contribution < -0.4 is 27.6 Å². The molecular formula is C86H52N4Se2. The summed E-state index contributed by atoms with van der Waals surface area (Å²) in [6.45, 7) is 0. The van der Waals surface area contributed by atoms with Crippen LogP contribution in [-0.2, 0) is 10.8 Å². The maximum atomic E-state index is 2.56. The molecule has 7 heterocycles. The van der Waals surface area contributed by atoms with Crippen LogP contribution in [0.3, 0.4) is 0 Å². The summed E-state index contributed by atoms with van der Waals surface area (Å²) >= 11 is 0.406. The second-order valence-electron chi connectivity index (χ2n) is 24.9. The number of hydrogen-bond donors (Lipinski definition) is 0. The van der Waals surface area contributed by atoms with Crippen LogP contribution in [0.5, 0.6) is 0 Å². The summed E-state index contributed by atoms with van der Waals surface area (Å²) < 4.78 is 10.9. The molecule has 0 N–H and O–H groups in total. The molecule has 0 amide bonds. The third kappa shape index (κ3) is 6.51. The Bertz CT molecular complexity index is 5440. The third-order valence-corrected chi connectivity index (χ3v) is 25.6. The molecule has 92 heavy (non-hydrogen) atoms. The number of hydrogen-bond acceptors (Lipinski definition) is 2. The monoisotopic (exact) mass is 1300 g/mol. The minimum absolute atomic E-state index is 0.203. The first kappa shape index (κ1) is 51.1.